The second-order valence-electron chi connectivity index (χ2n) is 11.7. The number of aromatic hydroxyl groups is 1. The van der Waals surface area contributed by atoms with Crippen LogP contribution in [0, 0.1) is 34.7 Å². The van der Waals surface area contributed by atoms with Gasteiger partial charge >= 0.3 is 0 Å². The van der Waals surface area contributed by atoms with Crippen LogP contribution in [0.3, 0.4) is 0 Å². The minimum atomic E-state index is -1.90. The summed E-state index contributed by atoms with van der Waals surface area (Å²) < 4.78 is 45.5. The van der Waals surface area contributed by atoms with Gasteiger partial charge in [0.1, 0.15) is 17.3 Å². The van der Waals surface area contributed by atoms with E-state index in [1.807, 2.05) is 33.8 Å². The number of hydrogen-bond acceptors (Lipinski definition) is 7. The fourth-order valence-electron chi connectivity index (χ4n) is 6.18. The molecule has 0 aliphatic carbocycles. The number of carbonyl (C=O) groups is 1. The highest BCUT2D eigenvalue weighted by atomic mass is 35.5. The van der Waals surface area contributed by atoms with Crippen molar-refractivity contribution in [3.8, 4) is 23.1 Å². The van der Waals surface area contributed by atoms with Gasteiger partial charge in [0.05, 0.1) is 38.4 Å². The molecule has 4 rings (SSSR count). The number of nitriles is 1. The first-order valence-corrected chi connectivity index (χ1v) is 15.6. The summed E-state index contributed by atoms with van der Waals surface area (Å²) in [5, 5.41) is 19.4. The van der Waals surface area contributed by atoms with Crippen molar-refractivity contribution in [2.75, 3.05) is 25.0 Å². The van der Waals surface area contributed by atoms with Crippen molar-refractivity contribution >= 4 is 57.2 Å². The Labute approximate surface area is 285 Å². The predicted octanol–water partition coefficient (Wildman–Crippen LogP) is 7.12. The Morgan fingerprint density at radius 2 is 1.75 bits per heavy atom. The molecule has 3 aromatic rings. The molecule has 2 aromatic heterocycles. The molecule has 3 heterocycles. The SMILES string of the molecule is C=CC(=O)N1[C@H](C)CN(c2c(C#N)c(=O)n(C(/C(=N\C)C(C)C)=C(\C)C=C)c3nc(-c4c(F)c(O)c(F)c(F)c4Cl)c(Cl)cc23)C[C@@H]1C. The normalized spacial score (nSPS) is 17.4. The monoisotopic (exact) mass is 700 g/mol. The number of piperazine rings is 1. The van der Waals surface area contributed by atoms with E-state index in [9.17, 15) is 28.7 Å². The van der Waals surface area contributed by atoms with Crippen LogP contribution in [-0.4, -0.2) is 63.4 Å². The highest BCUT2D eigenvalue weighted by Crippen LogP contribution is 2.43. The van der Waals surface area contributed by atoms with Crippen LogP contribution in [-0.2, 0) is 4.79 Å². The molecule has 1 fully saturated rings. The molecule has 1 aliphatic heterocycles. The lowest BCUT2D eigenvalue weighted by atomic mass is 9.99. The number of amides is 1. The van der Waals surface area contributed by atoms with Crippen LogP contribution in [0.5, 0.6) is 5.75 Å². The standard InChI is InChI=1S/C34H33Cl2F3N6O3/c1-9-16(5)30(28(41-8)15(3)4)45-33-19(11-21(35)29(42-33)23-24(36)26(38)27(39)32(47)25(23)37)31(20(12-40)34(45)48)43-13-17(6)44(18(7)14-43)22(46)10-2/h9-11,15,17-18,47H,1-2,13-14H2,3-8H3/b30-16+,41-28-/t17-,18+. The Kier molecular flexibility index (Phi) is 10.5. The molecule has 14 heteroatoms. The lowest BCUT2D eigenvalue weighted by molar-refractivity contribution is -0.130. The summed E-state index contributed by atoms with van der Waals surface area (Å²) >= 11 is 12.8. The molecule has 0 radical (unpaired) electrons. The first kappa shape index (κ1) is 36.2. The van der Waals surface area contributed by atoms with E-state index in [0.717, 1.165) is 4.57 Å². The van der Waals surface area contributed by atoms with Crippen molar-refractivity contribution in [1.82, 2.24) is 14.5 Å². The Bertz CT molecular complexity index is 2010. The smallest absolute Gasteiger partial charge is 0.276 e. The number of phenolic OH excluding ortho intramolecular Hbond substituents is 1. The average molecular weight is 702 g/mol. The van der Waals surface area contributed by atoms with Gasteiger partial charge in [-0.05, 0) is 44.4 Å². The third-order valence-corrected chi connectivity index (χ3v) is 8.91. The first-order chi connectivity index (χ1) is 22.6. The number of pyridine rings is 2. The molecule has 1 N–H and O–H groups in total. The van der Waals surface area contributed by atoms with E-state index in [1.54, 1.807) is 16.7 Å². The lowest BCUT2D eigenvalue weighted by Gasteiger charge is -2.45. The summed E-state index contributed by atoms with van der Waals surface area (Å²) in [5.74, 6) is -7.45. The molecular weight excluding hydrogens is 668 g/mol. The zero-order valence-electron chi connectivity index (χ0n) is 27.1. The fourth-order valence-corrected chi connectivity index (χ4v) is 6.68. The van der Waals surface area contributed by atoms with Gasteiger partial charge in [-0.1, -0.05) is 56.3 Å². The fraction of sp³-hybridized carbons (Fsp3) is 0.324. The summed E-state index contributed by atoms with van der Waals surface area (Å²) in [5.41, 5.74) is -1.34. The number of carbonyl (C=O) groups excluding carboxylic acids is 1. The Hall–Kier alpha value is -4.60. The van der Waals surface area contributed by atoms with Gasteiger partial charge in [-0.3, -0.25) is 19.1 Å². The molecule has 9 nitrogen and oxygen atoms in total. The summed E-state index contributed by atoms with van der Waals surface area (Å²) in [4.78, 5) is 39.6. The molecule has 2 atom stereocenters. The van der Waals surface area contributed by atoms with Crippen molar-refractivity contribution in [3.05, 3.63) is 80.4 Å². The number of allylic oxidation sites excluding steroid dienone is 3. The molecule has 1 aliphatic rings. The molecule has 1 amide bonds. The maximum atomic E-state index is 15.4. The van der Waals surface area contributed by atoms with Crippen molar-refractivity contribution in [2.45, 2.75) is 46.7 Å². The highest BCUT2D eigenvalue weighted by Gasteiger charge is 2.36. The summed E-state index contributed by atoms with van der Waals surface area (Å²) in [7, 11) is 1.53. The predicted molar refractivity (Wildman–Crippen MR) is 183 cm³/mol. The van der Waals surface area contributed by atoms with Crippen molar-refractivity contribution in [3.63, 3.8) is 0 Å². The number of aliphatic imine (C=N–C) groups is 1. The van der Waals surface area contributed by atoms with Gasteiger partial charge < -0.3 is 14.9 Å². The number of phenols is 1. The van der Waals surface area contributed by atoms with E-state index in [-0.39, 0.29) is 70.0 Å². The second-order valence-corrected chi connectivity index (χ2v) is 12.5. The number of rotatable bonds is 7. The number of benzene rings is 1. The van der Waals surface area contributed by atoms with Gasteiger partial charge in [-0.15, -0.1) is 0 Å². The van der Waals surface area contributed by atoms with Crippen molar-refractivity contribution < 1.29 is 23.1 Å². The molecule has 1 aromatic carbocycles. The number of fused-ring (bicyclic) bond motifs is 1. The van der Waals surface area contributed by atoms with E-state index < -0.39 is 45.0 Å². The molecule has 0 unspecified atom stereocenters. The van der Waals surface area contributed by atoms with E-state index >= 15 is 4.39 Å². The maximum Gasteiger partial charge on any atom is 0.276 e. The lowest BCUT2D eigenvalue weighted by Crippen LogP contribution is -2.58. The second kappa shape index (κ2) is 13.9. The minimum Gasteiger partial charge on any atom is -0.503 e. The molecule has 252 valence electrons. The van der Waals surface area contributed by atoms with Crippen LogP contribution in [0.1, 0.15) is 40.2 Å². The molecule has 1 saturated heterocycles. The topological polar surface area (TPSA) is 115 Å². The molecule has 0 spiro atoms. The summed E-state index contributed by atoms with van der Waals surface area (Å²) in [6, 6.07) is 2.58. The van der Waals surface area contributed by atoms with Gasteiger partial charge in [-0.2, -0.15) is 9.65 Å². The van der Waals surface area contributed by atoms with E-state index in [4.69, 9.17) is 23.2 Å². The largest absolute Gasteiger partial charge is 0.503 e. The van der Waals surface area contributed by atoms with E-state index in [1.165, 1.54) is 25.3 Å². The molecular formula is C34H33Cl2F3N6O3. The Morgan fingerprint density at radius 1 is 1.15 bits per heavy atom. The van der Waals surface area contributed by atoms with Crippen LogP contribution < -0.4 is 10.5 Å². The Morgan fingerprint density at radius 3 is 2.25 bits per heavy atom. The zero-order valence-corrected chi connectivity index (χ0v) is 28.6. The quantitative estimate of drug-likeness (QED) is 0.0923. The van der Waals surface area contributed by atoms with Crippen molar-refractivity contribution in [1.29, 1.82) is 5.26 Å². The van der Waals surface area contributed by atoms with Crippen molar-refractivity contribution in [2.24, 2.45) is 10.9 Å². The van der Waals surface area contributed by atoms with Gasteiger partial charge in [0.15, 0.2) is 17.4 Å². The average Bonchev–Trinajstić information content (AvgIpc) is 3.04. The third-order valence-electron chi connectivity index (χ3n) is 8.26. The number of hydrogen-bond donors (Lipinski definition) is 1. The van der Waals surface area contributed by atoms with Crippen LogP contribution >= 0.6 is 23.2 Å². The first-order valence-electron chi connectivity index (χ1n) is 14.8. The summed E-state index contributed by atoms with van der Waals surface area (Å²) in [6.45, 7) is 16.8. The number of halogens is 5. The molecule has 0 bridgehead atoms. The zero-order chi connectivity index (χ0) is 35.9. The van der Waals surface area contributed by atoms with Crippen LogP contribution in [0.15, 0.2) is 46.7 Å². The third kappa shape index (κ3) is 5.86. The number of anilines is 1. The molecule has 48 heavy (non-hydrogen) atoms. The van der Waals surface area contributed by atoms with Crippen LogP contribution in [0.4, 0.5) is 18.9 Å². The number of nitrogens with zero attached hydrogens (tertiary/aromatic N) is 6. The van der Waals surface area contributed by atoms with Gasteiger partial charge in [0, 0.05) is 37.6 Å². The van der Waals surface area contributed by atoms with Gasteiger partial charge in [-0.25, -0.2) is 13.8 Å². The van der Waals surface area contributed by atoms with Crippen LogP contribution in [0.25, 0.3) is 28.0 Å². The van der Waals surface area contributed by atoms with E-state index in [0.29, 0.717) is 11.3 Å². The minimum absolute atomic E-state index is 0.147. The Balaban J connectivity index is 2.26. The summed E-state index contributed by atoms with van der Waals surface area (Å²) in [6.07, 6.45) is 2.70. The molecule has 0 saturated carbocycles. The maximum absolute atomic E-state index is 15.4. The van der Waals surface area contributed by atoms with Gasteiger partial charge in [0.25, 0.3) is 5.56 Å². The van der Waals surface area contributed by atoms with Gasteiger partial charge in [0.2, 0.25) is 11.7 Å². The van der Waals surface area contributed by atoms with E-state index in [2.05, 4.69) is 23.1 Å². The van der Waals surface area contributed by atoms with Crippen LogP contribution in [0.2, 0.25) is 10.0 Å². The highest BCUT2D eigenvalue weighted by molar-refractivity contribution is 6.37. The number of aromatic nitrogens is 2.